The standard InChI is InChI=1S/C21H17ClFN2/c22-18-9-5-16(6-10-18)13-24-15-25(21-4-2-1-3-20(21)24)14-17-7-11-19(23)12-8-17/h1-12,15H,13-14H2/q+1. The fourth-order valence-corrected chi connectivity index (χ4v) is 3.19. The highest BCUT2D eigenvalue weighted by molar-refractivity contribution is 6.30. The number of fused-ring (bicyclic) bond motifs is 1. The van der Waals surface area contributed by atoms with Crippen LogP contribution < -0.4 is 4.57 Å². The molecule has 4 heteroatoms. The van der Waals surface area contributed by atoms with Gasteiger partial charge in [-0.2, -0.15) is 0 Å². The average molecular weight is 352 g/mol. The Bertz CT molecular complexity index is 923. The normalized spacial score (nSPS) is 11.1. The molecule has 0 atom stereocenters. The van der Waals surface area contributed by atoms with Crippen molar-refractivity contribution in [3.05, 3.63) is 101 Å². The molecular formula is C21H17ClFN2+. The van der Waals surface area contributed by atoms with Crippen LogP contribution in [0.5, 0.6) is 0 Å². The van der Waals surface area contributed by atoms with E-state index >= 15 is 0 Å². The molecule has 0 aliphatic heterocycles. The van der Waals surface area contributed by atoms with Crippen LogP contribution in [-0.2, 0) is 13.1 Å². The molecular weight excluding hydrogens is 335 g/mol. The van der Waals surface area contributed by atoms with E-state index in [0.29, 0.717) is 6.54 Å². The van der Waals surface area contributed by atoms with Crippen molar-refractivity contribution in [2.45, 2.75) is 13.1 Å². The van der Waals surface area contributed by atoms with Crippen LogP contribution in [0.1, 0.15) is 11.1 Å². The first-order chi connectivity index (χ1) is 12.2. The SMILES string of the molecule is Fc1ccc(Cn2c[n+](Cc3ccc(Cl)cc3)c3ccccc32)cc1. The Labute approximate surface area is 150 Å². The Morgan fingerprint density at radius 1 is 0.840 bits per heavy atom. The molecule has 25 heavy (non-hydrogen) atoms. The van der Waals surface area contributed by atoms with Crippen molar-refractivity contribution in [2.24, 2.45) is 0 Å². The van der Waals surface area contributed by atoms with Gasteiger partial charge in [0.25, 0.3) is 0 Å². The fourth-order valence-electron chi connectivity index (χ4n) is 3.07. The second-order valence-electron chi connectivity index (χ2n) is 6.11. The summed E-state index contributed by atoms with van der Waals surface area (Å²) in [5.41, 5.74) is 4.58. The van der Waals surface area contributed by atoms with Crippen LogP contribution in [0.4, 0.5) is 4.39 Å². The number of imidazole rings is 1. The van der Waals surface area contributed by atoms with Crippen LogP contribution in [0.2, 0.25) is 5.02 Å². The van der Waals surface area contributed by atoms with Gasteiger partial charge >= 0.3 is 0 Å². The quantitative estimate of drug-likeness (QED) is 0.466. The Hall–Kier alpha value is -2.65. The molecule has 0 bridgehead atoms. The van der Waals surface area contributed by atoms with Crippen molar-refractivity contribution < 1.29 is 8.96 Å². The van der Waals surface area contributed by atoms with Gasteiger partial charge in [-0.15, -0.1) is 0 Å². The van der Waals surface area contributed by atoms with Gasteiger partial charge in [0.2, 0.25) is 6.33 Å². The number of nitrogens with zero attached hydrogens (tertiary/aromatic N) is 2. The van der Waals surface area contributed by atoms with Crippen LogP contribution in [-0.4, -0.2) is 4.57 Å². The first kappa shape index (κ1) is 15.9. The number of benzene rings is 3. The molecule has 124 valence electrons. The molecule has 0 saturated heterocycles. The van der Waals surface area contributed by atoms with Gasteiger partial charge < -0.3 is 0 Å². The number of aromatic nitrogens is 2. The van der Waals surface area contributed by atoms with Crippen molar-refractivity contribution in [3.63, 3.8) is 0 Å². The molecule has 4 rings (SSSR count). The Morgan fingerprint density at radius 2 is 1.52 bits per heavy atom. The maximum atomic E-state index is 13.1. The predicted molar refractivity (Wildman–Crippen MR) is 98.2 cm³/mol. The lowest BCUT2D eigenvalue weighted by molar-refractivity contribution is -0.663. The van der Waals surface area contributed by atoms with Crippen LogP contribution >= 0.6 is 11.6 Å². The number of para-hydroxylation sites is 2. The molecule has 3 aromatic carbocycles. The zero-order valence-electron chi connectivity index (χ0n) is 13.6. The van der Waals surface area contributed by atoms with E-state index in [9.17, 15) is 4.39 Å². The van der Waals surface area contributed by atoms with Gasteiger partial charge in [-0.3, -0.25) is 0 Å². The molecule has 0 aliphatic rings. The van der Waals surface area contributed by atoms with Crippen molar-refractivity contribution >= 4 is 22.6 Å². The summed E-state index contributed by atoms with van der Waals surface area (Å²) in [5.74, 6) is -0.209. The monoisotopic (exact) mass is 351 g/mol. The highest BCUT2D eigenvalue weighted by atomic mass is 35.5. The van der Waals surface area contributed by atoms with Gasteiger partial charge in [-0.05, 0) is 47.5 Å². The second-order valence-corrected chi connectivity index (χ2v) is 6.55. The number of halogens is 2. The minimum absolute atomic E-state index is 0.209. The van der Waals surface area contributed by atoms with Crippen molar-refractivity contribution in [3.8, 4) is 0 Å². The highest BCUT2D eigenvalue weighted by Gasteiger charge is 2.15. The molecule has 0 aliphatic carbocycles. The van der Waals surface area contributed by atoms with E-state index in [2.05, 4.69) is 27.6 Å². The van der Waals surface area contributed by atoms with E-state index in [0.717, 1.165) is 22.6 Å². The molecule has 2 nitrogen and oxygen atoms in total. The Kier molecular flexibility index (Phi) is 4.24. The first-order valence-electron chi connectivity index (χ1n) is 8.15. The maximum Gasteiger partial charge on any atom is 0.245 e. The molecule has 0 radical (unpaired) electrons. The van der Waals surface area contributed by atoms with Crippen molar-refractivity contribution in [1.82, 2.24) is 4.57 Å². The summed E-state index contributed by atoms with van der Waals surface area (Å²) in [6.07, 6.45) is 2.11. The van der Waals surface area contributed by atoms with Gasteiger partial charge in [0.05, 0.1) is 0 Å². The third-order valence-corrected chi connectivity index (χ3v) is 4.56. The summed E-state index contributed by atoms with van der Waals surface area (Å²) >= 11 is 5.98. The molecule has 0 saturated carbocycles. The number of hydrogen-bond donors (Lipinski definition) is 0. The van der Waals surface area contributed by atoms with Gasteiger partial charge in [-0.1, -0.05) is 48.0 Å². The Morgan fingerprint density at radius 3 is 2.28 bits per heavy atom. The third-order valence-electron chi connectivity index (χ3n) is 4.31. The van der Waals surface area contributed by atoms with E-state index < -0.39 is 0 Å². The van der Waals surface area contributed by atoms with Crippen molar-refractivity contribution in [1.29, 1.82) is 0 Å². The van der Waals surface area contributed by atoms with Crippen LogP contribution in [0.15, 0.2) is 79.1 Å². The van der Waals surface area contributed by atoms with Crippen LogP contribution in [0, 0.1) is 5.82 Å². The molecule has 0 fully saturated rings. The predicted octanol–water partition coefficient (Wildman–Crippen LogP) is 4.82. The molecule has 0 spiro atoms. The first-order valence-corrected chi connectivity index (χ1v) is 8.53. The minimum atomic E-state index is -0.209. The van der Waals surface area contributed by atoms with E-state index in [1.54, 1.807) is 0 Å². The maximum absolute atomic E-state index is 13.1. The van der Waals surface area contributed by atoms with Gasteiger partial charge in [0.15, 0.2) is 11.0 Å². The van der Waals surface area contributed by atoms with Crippen LogP contribution in [0.3, 0.4) is 0 Å². The molecule has 0 N–H and O–H groups in total. The van der Waals surface area contributed by atoms with Gasteiger partial charge in [-0.25, -0.2) is 13.5 Å². The van der Waals surface area contributed by atoms with E-state index in [4.69, 9.17) is 11.6 Å². The lowest BCUT2D eigenvalue weighted by Gasteiger charge is -1.99. The third kappa shape index (κ3) is 3.42. The molecule has 1 heterocycles. The van der Waals surface area contributed by atoms with E-state index in [1.165, 1.54) is 23.2 Å². The minimum Gasteiger partial charge on any atom is -0.226 e. The zero-order valence-corrected chi connectivity index (χ0v) is 14.3. The zero-order chi connectivity index (χ0) is 17.2. The van der Waals surface area contributed by atoms with E-state index in [-0.39, 0.29) is 5.82 Å². The lowest BCUT2D eigenvalue weighted by atomic mass is 10.2. The largest absolute Gasteiger partial charge is 0.245 e. The fraction of sp³-hybridized carbons (Fsp3) is 0.0952. The summed E-state index contributed by atoms with van der Waals surface area (Å²) in [7, 11) is 0. The summed E-state index contributed by atoms with van der Waals surface area (Å²) in [5, 5.41) is 0.743. The topological polar surface area (TPSA) is 8.81 Å². The molecule has 4 aromatic rings. The highest BCUT2D eigenvalue weighted by Crippen LogP contribution is 2.15. The van der Waals surface area contributed by atoms with Gasteiger partial charge in [0.1, 0.15) is 18.9 Å². The molecule has 0 amide bonds. The smallest absolute Gasteiger partial charge is 0.226 e. The molecule has 0 unspecified atom stereocenters. The van der Waals surface area contributed by atoms with Gasteiger partial charge in [0, 0.05) is 5.02 Å². The lowest BCUT2D eigenvalue weighted by Crippen LogP contribution is -2.32. The molecule has 1 aromatic heterocycles. The summed E-state index contributed by atoms with van der Waals surface area (Å²) in [6.45, 7) is 1.47. The average Bonchev–Trinajstić information content (AvgIpc) is 2.97. The Balaban J connectivity index is 1.70. The summed E-state index contributed by atoms with van der Waals surface area (Å²) in [6, 6.07) is 22.9. The van der Waals surface area contributed by atoms with Crippen LogP contribution in [0.25, 0.3) is 11.0 Å². The second kappa shape index (κ2) is 6.69. The number of rotatable bonds is 4. The summed E-state index contributed by atoms with van der Waals surface area (Å²) < 4.78 is 17.6. The van der Waals surface area contributed by atoms with Crippen molar-refractivity contribution in [2.75, 3.05) is 0 Å². The number of hydrogen-bond acceptors (Lipinski definition) is 0. The summed E-state index contributed by atoms with van der Waals surface area (Å²) in [4.78, 5) is 0. The van der Waals surface area contributed by atoms with E-state index in [1.807, 2.05) is 48.5 Å².